The van der Waals surface area contributed by atoms with E-state index in [9.17, 15) is 8.78 Å². The second kappa shape index (κ2) is 5.80. The fourth-order valence-electron chi connectivity index (χ4n) is 1.71. The van der Waals surface area contributed by atoms with Crippen LogP contribution in [0.1, 0.15) is 24.1 Å². The minimum atomic E-state index is -0.608. The molecule has 0 aliphatic heterocycles. The third-order valence-electron chi connectivity index (χ3n) is 2.83. The Morgan fingerprint density at radius 2 is 1.74 bits per heavy atom. The number of rotatable bonds is 4. The van der Waals surface area contributed by atoms with Crippen molar-refractivity contribution in [3.05, 3.63) is 65.2 Å². The van der Waals surface area contributed by atoms with Crippen molar-refractivity contribution in [3.8, 4) is 5.75 Å². The Kier molecular flexibility index (Phi) is 4.12. The maximum Gasteiger partial charge on any atom is 0.132 e. The number of benzene rings is 2. The highest BCUT2D eigenvalue weighted by molar-refractivity contribution is 5.30. The molecule has 2 rings (SSSR count). The zero-order chi connectivity index (χ0) is 13.8. The molecule has 0 amide bonds. The monoisotopic (exact) mass is 263 g/mol. The topological polar surface area (TPSA) is 35.2 Å². The van der Waals surface area contributed by atoms with Crippen molar-refractivity contribution in [1.29, 1.82) is 0 Å². The van der Waals surface area contributed by atoms with E-state index in [2.05, 4.69) is 0 Å². The van der Waals surface area contributed by atoms with Gasteiger partial charge in [0, 0.05) is 6.04 Å². The molecule has 4 heteroatoms. The fraction of sp³-hybridized carbons (Fsp3) is 0.200. The molecule has 0 heterocycles. The van der Waals surface area contributed by atoms with E-state index in [-0.39, 0.29) is 18.2 Å². The Morgan fingerprint density at radius 1 is 1.11 bits per heavy atom. The molecule has 2 nitrogen and oxygen atoms in total. The number of halogens is 2. The van der Waals surface area contributed by atoms with Crippen LogP contribution in [0.4, 0.5) is 8.78 Å². The van der Waals surface area contributed by atoms with Crippen molar-refractivity contribution in [2.75, 3.05) is 0 Å². The molecule has 2 aromatic carbocycles. The van der Waals surface area contributed by atoms with Gasteiger partial charge in [0.2, 0.25) is 0 Å². The first-order chi connectivity index (χ1) is 9.08. The van der Waals surface area contributed by atoms with Gasteiger partial charge < -0.3 is 10.5 Å². The number of ether oxygens (including phenoxy) is 1. The standard InChI is InChI=1S/C15H15F2NO/c1-10(18)11-4-2-5-12(8-11)19-9-13-14(16)6-3-7-15(13)17/h2-8,10H,9,18H2,1H3/t10-/m1/s1. The average Bonchev–Trinajstić information content (AvgIpc) is 2.38. The van der Waals surface area contributed by atoms with Gasteiger partial charge in [0.1, 0.15) is 24.0 Å². The third-order valence-corrected chi connectivity index (χ3v) is 2.83. The van der Waals surface area contributed by atoms with Crippen LogP contribution in [-0.4, -0.2) is 0 Å². The zero-order valence-electron chi connectivity index (χ0n) is 10.6. The Hall–Kier alpha value is -1.94. The van der Waals surface area contributed by atoms with E-state index >= 15 is 0 Å². The van der Waals surface area contributed by atoms with Crippen molar-refractivity contribution in [3.63, 3.8) is 0 Å². The molecule has 0 spiro atoms. The summed E-state index contributed by atoms with van der Waals surface area (Å²) in [6, 6.07) is 10.8. The minimum Gasteiger partial charge on any atom is -0.489 e. The van der Waals surface area contributed by atoms with Crippen LogP contribution < -0.4 is 10.5 Å². The molecule has 19 heavy (non-hydrogen) atoms. The average molecular weight is 263 g/mol. The maximum absolute atomic E-state index is 13.4. The van der Waals surface area contributed by atoms with Gasteiger partial charge in [0.05, 0.1) is 5.56 Å². The van der Waals surface area contributed by atoms with Gasteiger partial charge in [0.25, 0.3) is 0 Å². The predicted octanol–water partition coefficient (Wildman–Crippen LogP) is 3.56. The molecule has 0 aliphatic carbocycles. The Bertz CT molecular complexity index is 550. The van der Waals surface area contributed by atoms with Crippen LogP contribution in [0, 0.1) is 11.6 Å². The van der Waals surface area contributed by atoms with E-state index in [0.29, 0.717) is 5.75 Å². The zero-order valence-corrected chi connectivity index (χ0v) is 10.6. The summed E-state index contributed by atoms with van der Waals surface area (Å²) in [7, 11) is 0. The summed E-state index contributed by atoms with van der Waals surface area (Å²) < 4.78 is 32.3. The van der Waals surface area contributed by atoms with Crippen LogP contribution >= 0.6 is 0 Å². The number of hydrogen-bond acceptors (Lipinski definition) is 2. The third kappa shape index (κ3) is 3.29. The summed E-state index contributed by atoms with van der Waals surface area (Å²) >= 11 is 0. The van der Waals surface area contributed by atoms with Crippen molar-refractivity contribution in [1.82, 2.24) is 0 Å². The highest BCUT2D eigenvalue weighted by atomic mass is 19.1. The van der Waals surface area contributed by atoms with E-state index in [4.69, 9.17) is 10.5 Å². The molecule has 0 saturated heterocycles. The van der Waals surface area contributed by atoms with Gasteiger partial charge in [-0.2, -0.15) is 0 Å². The first-order valence-electron chi connectivity index (χ1n) is 5.99. The predicted molar refractivity (Wildman–Crippen MR) is 69.7 cm³/mol. The molecule has 0 fully saturated rings. The number of hydrogen-bond donors (Lipinski definition) is 1. The van der Waals surface area contributed by atoms with Gasteiger partial charge >= 0.3 is 0 Å². The SMILES string of the molecule is C[C@@H](N)c1cccc(OCc2c(F)cccc2F)c1. The van der Waals surface area contributed by atoms with Crippen LogP contribution in [-0.2, 0) is 6.61 Å². The quantitative estimate of drug-likeness (QED) is 0.915. The second-order valence-electron chi connectivity index (χ2n) is 4.35. The van der Waals surface area contributed by atoms with E-state index in [1.54, 1.807) is 18.2 Å². The molecule has 100 valence electrons. The highest BCUT2D eigenvalue weighted by Crippen LogP contribution is 2.20. The molecule has 2 aromatic rings. The lowest BCUT2D eigenvalue weighted by Crippen LogP contribution is -2.06. The molecular weight excluding hydrogens is 248 g/mol. The summed E-state index contributed by atoms with van der Waals surface area (Å²) in [5.41, 5.74) is 6.60. The van der Waals surface area contributed by atoms with Crippen LogP contribution in [0.3, 0.4) is 0 Å². The fourth-order valence-corrected chi connectivity index (χ4v) is 1.71. The lowest BCUT2D eigenvalue weighted by atomic mass is 10.1. The summed E-state index contributed by atoms with van der Waals surface area (Å²) in [5, 5.41) is 0. The van der Waals surface area contributed by atoms with Gasteiger partial charge in [-0.15, -0.1) is 0 Å². The van der Waals surface area contributed by atoms with Crippen molar-refractivity contribution >= 4 is 0 Å². The van der Waals surface area contributed by atoms with E-state index in [0.717, 1.165) is 5.56 Å². The lowest BCUT2D eigenvalue weighted by molar-refractivity contribution is 0.292. The van der Waals surface area contributed by atoms with Crippen LogP contribution in [0.25, 0.3) is 0 Å². The van der Waals surface area contributed by atoms with Crippen molar-refractivity contribution in [2.45, 2.75) is 19.6 Å². The molecule has 1 atom stereocenters. The summed E-state index contributed by atoms with van der Waals surface area (Å²) in [6.07, 6.45) is 0. The lowest BCUT2D eigenvalue weighted by Gasteiger charge is -2.11. The van der Waals surface area contributed by atoms with Gasteiger partial charge in [-0.3, -0.25) is 0 Å². The maximum atomic E-state index is 13.4. The second-order valence-corrected chi connectivity index (χ2v) is 4.35. The highest BCUT2D eigenvalue weighted by Gasteiger charge is 2.09. The van der Waals surface area contributed by atoms with Crippen molar-refractivity contribution in [2.24, 2.45) is 5.73 Å². The van der Waals surface area contributed by atoms with E-state index < -0.39 is 11.6 Å². The van der Waals surface area contributed by atoms with Gasteiger partial charge in [0.15, 0.2) is 0 Å². The summed E-state index contributed by atoms with van der Waals surface area (Å²) in [5.74, 6) is -0.677. The normalized spacial score (nSPS) is 12.2. The molecule has 0 bridgehead atoms. The summed E-state index contributed by atoms with van der Waals surface area (Å²) in [4.78, 5) is 0. The Morgan fingerprint density at radius 3 is 2.37 bits per heavy atom. The number of nitrogens with two attached hydrogens (primary N) is 1. The minimum absolute atomic E-state index is 0.0753. The largest absolute Gasteiger partial charge is 0.489 e. The molecule has 0 saturated carbocycles. The smallest absolute Gasteiger partial charge is 0.132 e. The van der Waals surface area contributed by atoms with E-state index in [1.165, 1.54) is 18.2 Å². The van der Waals surface area contributed by atoms with E-state index in [1.807, 2.05) is 13.0 Å². The Balaban J connectivity index is 2.12. The molecule has 0 radical (unpaired) electrons. The molecule has 0 aromatic heterocycles. The van der Waals surface area contributed by atoms with Crippen LogP contribution in [0.2, 0.25) is 0 Å². The van der Waals surface area contributed by atoms with Crippen LogP contribution in [0.5, 0.6) is 5.75 Å². The van der Waals surface area contributed by atoms with Crippen LogP contribution in [0.15, 0.2) is 42.5 Å². The van der Waals surface area contributed by atoms with Crippen molar-refractivity contribution < 1.29 is 13.5 Å². The van der Waals surface area contributed by atoms with Gasteiger partial charge in [-0.1, -0.05) is 18.2 Å². The Labute approximate surface area is 110 Å². The molecule has 2 N–H and O–H groups in total. The first-order valence-corrected chi connectivity index (χ1v) is 5.99. The molecular formula is C15H15F2NO. The van der Waals surface area contributed by atoms with Gasteiger partial charge in [-0.05, 0) is 36.8 Å². The van der Waals surface area contributed by atoms with Gasteiger partial charge in [-0.25, -0.2) is 8.78 Å². The molecule has 0 unspecified atom stereocenters. The molecule has 0 aliphatic rings. The summed E-state index contributed by atoms with van der Waals surface area (Å²) in [6.45, 7) is 1.70. The first kappa shape index (κ1) is 13.5.